The Kier molecular flexibility index (Phi) is 6.17. The third kappa shape index (κ3) is 4.40. The molecule has 0 atom stereocenters. The lowest BCUT2D eigenvalue weighted by atomic mass is 10.1. The molecule has 0 N–H and O–H groups in total. The predicted octanol–water partition coefficient (Wildman–Crippen LogP) is 7.70. The zero-order chi connectivity index (χ0) is 21.4. The molecule has 30 heavy (non-hydrogen) atoms. The third-order valence-corrected chi connectivity index (χ3v) is 6.31. The summed E-state index contributed by atoms with van der Waals surface area (Å²) >= 11 is 25.1. The van der Waals surface area contributed by atoms with Crippen LogP contribution in [0.3, 0.4) is 0 Å². The average Bonchev–Trinajstić information content (AvgIpc) is 2.98. The molecule has 154 valence electrons. The summed E-state index contributed by atoms with van der Waals surface area (Å²) in [5.74, 6) is 0. The Morgan fingerprint density at radius 2 is 1.37 bits per heavy atom. The summed E-state index contributed by atoms with van der Waals surface area (Å²) in [6, 6.07) is 17.5. The van der Waals surface area contributed by atoms with Crippen LogP contribution in [-0.4, -0.2) is 9.78 Å². The molecule has 0 spiro atoms. The molecule has 0 fully saturated rings. The van der Waals surface area contributed by atoms with Crippen molar-refractivity contribution in [2.75, 3.05) is 4.90 Å². The van der Waals surface area contributed by atoms with Gasteiger partial charge in [0.25, 0.3) is 0 Å². The van der Waals surface area contributed by atoms with Crippen molar-refractivity contribution in [3.63, 3.8) is 0 Å². The van der Waals surface area contributed by atoms with E-state index in [2.05, 4.69) is 28.2 Å². The van der Waals surface area contributed by atoms with E-state index in [1.165, 1.54) is 0 Å². The van der Waals surface area contributed by atoms with Crippen LogP contribution in [0.15, 0.2) is 54.6 Å². The molecule has 0 saturated carbocycles. The van der Waals surface area contributed by atoms with E-state index in [9.17, 15) is 0 Å². The van der Waals surface area contributed by atoms with Crippen LogP contribution in [0.5, 0.6) is 0 Å². The molecular formula is C23H19Cl4N3. The van der Waals surface area contributed by atoms with E-state index < -0.39 is 0 Å². The molecule has 0 aliphatic heterocycles. The number of halogens is 4. The smallest absolute Gasteiger partial charge is 0.0683 e. The van der Waals surface area contributed by atoms with Crippen LogP contribution in [0.4, 0.5) is 5.69 Å². The zero-order valence-corrected chi connectivity index (χ0v) is 19.5. The fraction of sp³-hybridized carbons (Fsp3) is 0.174. The quantitative estimate of drug-likeness (QED) is 0.293. The Labute approximate surface area is 195 Å². The number of anilines is 1. The number of aromatic nitrogens is 2. The van der Waals surface area contributed by atoms with Crippen LogP contribution in [0.1, 0.15) is 16.8 Å². The summed E-state index contributed by atoms with van der Waals surface area (Å²) < 4.78 is 1.89. The maximum atomic E-state index is 6.47. The third-order valence-electron chi connectivity index (χ3n) is 5.14. The SMILES string of the molecule is Cc1nn(C)c2ccc(N(Cc3ccc(Cl)cc3Cl)Cc3ccc(Cl)cc3Cl)cc12. The molecule has 4 rings (SSSR count). The molecule has 0 aliphatic rings. The van der Waals surface area contributed by atoms with Crippen LogP contribution >= 0.6 is 46.4 Å². The van der Waals surface area contributed by atoms with E-state index in [1.807, 2.05) is 42.9 Å². The Hall–Kier alpha value is -1.91. The second-order valence-corrected chi connectivity index (χ2v) is 8.93. The standard InChI is InChI=1S/C23H19Cl4N3/c1-14-20-11-19(7-8-23(20)29(2)28-14)30(12-15-3-5-17(24)9-21(15)26)13-16-4-6-18(25)10-22(16)27/h3-11H,12-13H2,1-2H3. The average molecular weight is 479 g/mol. The number of fused-ring (bicyclic) bond motifs is 1. The lowest BCUT2D eigenvalue weighted by molar-refractivity contribution is 0.783. The molecule has 0 radical (unpaired) electrons. The highest BCUT2D eigenvalue weighted by molar-refractivity contribution is 6.35. The van der Waals surface area contributed by atoms with Gasteiger partial charge < -0.3 is 4.90 Å². The summed E-state index contributed by atoms with van der Waals surface area (Å²) in [6.07, 6.45) is 0. The Balaban J connectivity index is 1.77. The van der Waals surface area contributed by atoms with Crippen molar-refractivity contribution < 1.29 is 0 Å². The second kappa shape index (κ2) is 8.68. The van der Waals surface area contributed by atoms with Gasteiger partial charge in [-0.15, -0.1) is 0 Å². The van der Waals surface area contributed by atoms with Gasteiger partial charge in [0.2, 0.25) is 0 Å². The van der Waals surface area contributed by atoms with Gasteiger partial charge in [0.05, 0.1) is 11.2 Å². The predicted molar refractivity (Wildman–Crippen MR) is 128 cm³/mol. The van der Waals surface area contributed by atoms with E-state index in [0.29, 0.717) is 33.2 Å². The van der Waals surface area contributed by atoms with Crippen molar-refractivity contribution in [2.45, 2.75) is 20.0 Å². The van der Waals surface area contributed by atoms with Gasteiger partial charge in [-0.1, -0.05) is 58.5 Å². The normalized spacial score (nSPS) is 11.3. The van der Waals surface area contributed by atoms with Gasteiger partial charge in [-0.2, -0.15) is 5.10 Å². The summed E-state index contributed by atoms with van der Waals surface area (Å²) in [5.41, 5.74) is 5.09. The molecule has 0 amide bonds. The molecule has 3 nitrogen and oxygen atoms in total. The van der Waals surface area contributed by atoms with Crippen LogP contribution in [0.25, 0.3) is 10.9 Å². The van der Waals surface area contributed by atoms with E-state index in [4.69, 9.17) is 46.4 Å². The number of rotatable bonds is 5. The first kappa shape index (κ1) is 21.3. The first-order valence-electron chi connectivity index (χ1n) is 9.38. The van der Waals surface area contributed by atoms with E-state index in [1.54, 1.807) is 12.1 Å². The van der Waals surface area contributed by atoms with Crippen molar-refractivity contribution in [1.29, 1.82) is 0 Å². The number of hydrogen-bond acceptors (Lipinski definition) is 2. The van der Waals surface area contributed by atoms with Crippen molar-refractivity contribution in [3.05, 3.63) is 91.5 Å². The lowest BCUT2D eigenvalue weighted by Crippen LogP contribution is -2.22. The van der Waals surface area contributed by atoms with Crippen LogP contribution in [0, 0.1) is 6.92 Å². The number of nitrogens with zero attached hydrogens (tertiary/aromatic N) is 3. The maximum Gasteiger partial charge on any atom is 0.0683 e. The zero-order valence-electron chi connectivity index (χ0n) is 16.5. The first-order valence-corrected chi connectivity index (χ1v) is 10.9. The molecular weight excluding hydrogens is 460 g/mol. The van der Waals surface area contributed by atoms with Crippen LogP contribution in [-0.2, 0) is 20.1 Å². The highest BCUT2D eigenvalue weighted by Gasteiger charge is 2.15. The summed E-state index contributed by atoms with van der Waals surface area (Å²) in [6.45, 7) is 3.21. The highest BCUT2D eigenvalue weighted by Crippen LogP contribution is 2.31. The minimum atomic E-state index is 0.597. The van der Waals surface area contributed by atoms with Crippen molar-refractivity contribution in [2.24, 2.45) is 7.05 Å². The second-order valence-electron chi connectivity index (χ2n) is 7.24. The van der Waals surface area contributed by atoms with Crippen molar-refractivity contribution in [3.8, 4) is 0 Å². The molecule has 3 aromatic carbocycles. The molecule has 4 aromatic rings. The summed E-state index contributed by atoms with van der Waals surface area (Å²) in [5, 5.41) is 8.14. The number of benzene rings is 3. The van der Waals surface area contributed by atoms with Crippen LogP contribution in [0.2, 0.25) is 20.1 Å². The molecule has 0 unspecified atom stereocenters. The van der Waals surface area contributed by atoms with E-state index in [0.717, 1.165) is 33.4 Å². The molecule has 0 bridgehead atoms. The van der Waals surface area contributed by atoms with Gasteiger partial charge >= 0.3 is 0 Å². The van der Waals surface area contributed by atoms with Gasteiger partial charge in [0, 0.05) is 51.3 Å². The Morgan fingerprint density at radius 3 is 1.90 bits per heavy atom. The largest absolute Gasteiger partial charge is 0.363 e. The maximum absolute atomic E-state index is 6.47. The van der Waals surface area contributed by atoms with E-state index in [-0.39, 0.29) is 0 Å². The van der Waals surface area contributed by atoms with Crippen LogP contribution < -0.4 is 4.90 Å². The van der Waals surface area contributed by atoms with Crippen molar-refractivity contribution in [1.82, 2.24) is 9.78 Å². The Morgan fingerprint density at radius 1 is 0.800 bits per heavy atom. The minimum absolute atomic E-state index is 0.597. The van der Waals surface area contributed by atoms with Crippen molar-refractivity contribution >= 4 is 63.0 Å². The van der Waals surface area contributed by atoms with Gasteiger partial charge in [0.1, 0.15) is 0 Å². The molecule has 1 aromatic heterocycles. The number of aryl methyl sites for hydroxylation is 2. The Bertz CT molecular complexity index is 1180. The molecule has 1 heterocycles. The number of hydrogen-bond donors (Lipinski definition) is 0. The molecule has 0 saturated heterocycles. The molecule has 0 aliphatic carbocycles. The molecule has 7 heteroatoms. The summed E-state index contributed by atoms with van der Waals surface area (Å²) in [4.78, 5) is 2.23. The highest BCUT2D eigenvalue weighted by atomic mass is 35.5. The lowest BCUT2D eigenvalue weighted by Gasteiger charge is -2.26. The van der Waals surface area contributed by atoms with Gasteiger partial charge in [0.15, 0.2) is 0 Å². The van der Waals surface area contributed by atoms with Gasteiger partial charge in [-0.25, -0.2) is 0 Å². The monoisotopic (exact) mass is 477 g/mol. The van der Waals surface area contributed by atoms with Gasteiger partial charge in [-0.3, -0.25) is 4.68 Å². The van der Waals surface area contributed by atoms with E-state index >= 15 is 0 Å². The minimum Gasteiger partial charge on any atom is -0.363 e. The topological polar surface area (TPSA) is 21.1 Å². The fourth-order valence-corrected chi connectivity index (χ4v) is 4.51. The first-order chi connectivity index (χ1) is 14.3. The summed E-state index contributed by atoms with van der Waals surface area (Å²) in [7, 11) is 1.95. The van der Waals surface area contributed by atoms with Gasteiger partial charge in [-0.05, 0) is 60.5 Å². The fourth-order valence-electron chi connectivity index (χ4n) is 3.57.